The van der Waals surface area contributed by atoms with Crippen LogP contribution in [0.4, 0.5) is 5.82 Å². The van der Waals surface area contributed by atoms with Gasteiger partial charge in [-0.15, -0.1) is 0 Å². The summed E-state index contributed by atoms with van der Waals surface area (Å²) < 4.78 is 0.863. The van der Waals surface area contributed by atoms with E-state index in [1.54, 1.807) is 0 Å². The van der Waals surface area contributed by atoms with Crippen molar-refractivity contribution in [3.05, 3.63) is 33.9 Å². The van der Waals surface area contributed by atoms with Crippen molar-refractivity contribution in [2.24, 2.45) is 0 Å². The first-order chi connectivity index (χ1) is 9.72. The maximum atomic E-state index is 4.58. The summed E-state index contributed by atoms with van der Waals surface area (Å²) in [5.74, 6) is 2.45. The van der Waals surface area contributed by atoms with E-state index < -0.39 is 0 Å². The molecule has 0 unspecified atom stereocenters. The summed E-state index contributed by atoms with van der Waals surface area (Å²) in [7, 11) is 0. The minimum absolute atomic E-state index is 0.571. The third-order valence-corrected chi connectivity index (χ3v) is 3.92. The molecule has 20 heavy (non-hydrogen) atoms. The number of anilines is 1. The van der Waals surface area contributed by atoms with Crippen molar-refractivity contribution in [1.29, 1.82) is 0 Å². The first kappa shape index (κ1) is 13.5. The molecule has 1 aliphatic carbocycles. The molecule has 0 radical (unpaired) electrons. The largest absolute Gasteiger partial charge is 0.370 e. The van der Waals surface area contributed by atoms with Gasteiger partial charge in [0, 0.05) is 24.2 Å². The highest BCUT2D eigenvalue weighted by molar-refractivity contribution is 9.10. The van der Waals surface area contributed by atoms with Gasteiger partial charge in [-0.25, -0.2) is 9.97 Å². The smallest absolute Gasteiger partial charge is 0.135 e. The van der Waals surface area contributed by atoms with Gasteiger partial charge in [0.2, 0.25) is 0 Å². The van der Waals surface area contributed by atoms with Crippen LogP contribution in [-0.2, 0) is 6.42 Å². The minimum atomic E-state index is 0.571. The lowest BCUT2D eigenvalue weighted by Crippen LogP contribution is -2.07. The number of H-pyrrole nitrogens is 1. The van der Waals surface area contributed by atoms with E-state index in [4.69, 9.17) is 0 Å². The van der Waals surface area contributed by atoms with E-state index in [2.05, 4.69) is 48.3 Å². The van der Waals surface area contributed by atoms with Gasteiger partial charge >= 0.3 is 0 Å². The van der Waals surface area contributed by atoms with Crippen LogP contribution >= 0.6 is 15.9 Å². The van der Waals surface area contributed by atoms with Crippen LogP contribution in [-0.4, -0.2) is 26.7 Å². The van der Waals surface area contributed by atoms with Crippen molar-refractivity contribution in [3.8, 4) is 0 Å². The zero-order chi connectivity index (χ0) is 13.9. The zero-order valence-corrected chi connectivity index (χ0v) is 13.1. The molecule has 3 rings (SSSR count). The molecule has 2 aromatic rings. The summed E-state index contributed by atoms with van der Waals surface area (Å²) in [4.78, 5) is 9.01. The van der Waals surface area contributed by atoms with E-state index >= 15 is 0 Å². The van der Waals surface area contributed by atoms with Gasteiger partial charge in [-0.3, -0.25) is 5.10 Å². The molecule has 6 heteroatoms. The zero-order valence-electron chi connectivity index (χ0n) is 11.5. The lowest BCUT2D eigenvalue weighted by Gasteiger charge is -2.07. The Morgan fingerprint density at radius 2 is 2.25 bits per heavy atom. The Balaban J connectivity index is 1.52. The average Bonchev–Trinajstić information content (AvgIpc) is 3.19. The van der Waals surface area contributed by atoms with Gasteiger partial charge in [-0.05, 0) is 54.1 Å². The van der Waals surface area contributed by atoms with Gasteiger partial charge < -0.3 is 5.32 Å². The number of aromatic nitrogens is 4. The fourth-order valence-electron chi connectivity index (χ4n) is 2.17. The maximum Gasteiger partial charge on any atom is 0.135 e. The van der Waals surface area contributed by atoms with Crippen LogP contribution < -0.4 is 5.32 Å². The third kappa shape index (κ3) is 3.36. The van der Waals surface area contributed by atoms with Crippen LogP contribution in [0.25, 0.3) is 0 Å². The molecule has 0 saturated heterocycles. The highest BCUT2D eigenvalue weighted by atomic mass is 79.9. The predicted molar refractivity (Wildman–Crippen MR) is 81.8 cm³/mol. The molecule has 2 N–H and O–H groups in total. The fourth-order valence-corrected chi connectivity index (χ4v) is 2.57. The number of halogens is 1. The average molecular weight is 336 g/mol. The van der Waals surface area contributed by atoms with Gasteiger partial charge in [0.05, 0.1) is 6.20 Å². The molecular weight excluding hydrogens is 318 g/mol. The van der Waals surface area contributed by atoms with Crippen molar-refractivity contribution in [1.82, 2.24) is 20.2 Å². The second kappa shape index (κ2) is 5.91. The second-order valence-corrected chi connectivity index (χ2v) is 6.07. The molecule has 0 bridgehead atoms. The number of rotatable bonds is 6. The van der Waals surface area contributed by atoms with Crippen LogP contribution in [0.15, 0.2) is 16.9 Å². The van der Waals surface area contributed by atoms with Crippen LogP contribution in [0.2, 0.25) is 0 Å². The van der Waals surface area contributed by atoms with Gasteiger partial charge in [0.15, 0.2) is 0 Å². The summed E-state index contributed by atoms with van der Waals surface area (Å²) in [5.41, 5.74) is 2.44. The summed E-state index contributed by atoms with van der Waals surface area (Å²) in [5, 5.41) is 10.4. The topological polar surface area (TPSA) is 66.5 Å². The standard InChI is InChI=1S/C14H18BrN5/c1-9-11(8-17-20-9)3-2-6-16-13-7-12(15)18-14(19-13)10-4-5-10/h7-8,10H,2-6H2,1H3,(H,17,20)(H,16,18,19). The SMILES string of the molecule is Cc1[nH]ncc1CCCNc1cc(Br)nc(C2CC2)n1. The first-order valence-corrected chi connectivity index (χ1v) is 7.79. The van der Waals surface area contributed by atoms with E-state index in [0.29, 0.717) is 5.92 Å². The molecule has 0 aromatic carbocycles. The van der Waals surface area contributed by atoms with E-state index in [1.165, 1.54) is 18.4 Å². The van der Waals surface area contributed by atoms with Gasteiger partial charge in [0.25, 0.3) is 0 Å². The quantitative estimate of drug-likeness (QED) is 0.628. The van der Waals surface area contributed by atoms with Crippen LogP contribution in [0, 0.1) is 6.92 Å². The van der Waals surface area contributed by atoms with Crippen molar-refractivity contribution >= 4 is 21.7 Å². The Kier molecular flexibility index (Phi) is 4.00. The molecule has 0 aliphatic heterocycles. The summed E-state index contributed by atoms with van der Waals surface area (Å²) >= 11 is 3.46. The summed E-state index contributed by atoms with van der Waals surface area (Å²) in [6.07, 6.45) is 6.42. The normalized spacial score (nSPS) is 14.5. The van der Waals surface area contributed by atoms with Crippen molar-refractivity contribution in [2.75, 3.05) is 11.9 Å². The number of nitrogens with zero attached hydrogens (tertiary/aromatic N) is 3. The Hall–Kier alpha value is -1.43. The lowest BCUT2D eigenvalue weighted by molar-refractivity contribution is 0.844. The number of hydrogen-bond acceptors (Lipinski definition) is 4. The highest BCUT2D eigenvalue weighted by Crippen LogP contribution is 2.38. The Bertz CT molecular complexity index is 591. The van der Waals surface area contributed by atoms with Crippen LogP contribution in [0.3, 0.4) is 0 Å². The number of aryl methyl sites for hydroxylation is 2. The number of hydrogen-bond donors (Lipinski definition) is 2. The minimum Gasteiger partial charge on any atom is -0.370 e. The molecule has 0 amide bonds. The van der Waals surface area contributed by atoms with Crippen molar-refractivity contribution < 1.29 is 0 Å². The molecule has 2 aromatic heterocycles. The van der Waals surface area contributed by atoms with E-state index in [0.717, 1.165) is 41.3 Å². The molecule has 2 heterocycles. The molecule has 106 valence electrons. The summed E-state index contributed by atoms with van der Waals surface area (Å²) in [6.45, 7) is 2.96. The maximum absolute atomic E-state index is 4.58. The predicted octanol–water partition coefficient (Wildman–Crippen LogP) is 3.19. The third-order valence-electron chi connectivity index (χ3n) is 3.52. The van der Waals surface area contributed by atoms with Gasteiger partial charge in [-0.2, -0.15) is 5.10 Å². The van der Waals surface area contributed by atoms with Crippen molar-refractivity contribution in [3.63, 3.8) is 0 Å². The molecule has 0 spiro atoms. The molecule has 5 nitrogen and oxygen atoms in total. The summed E-state index contributed by atoms with van der Waals surface area (Å²) in [6, 6.07) is 1.94. The molecular formula is C14H18BrN5. The highest BCUT2D eigenvalue weighted by Gasteiger charge is 2.27. The van der Waals surface area contributed by atoms with Crippen molar-refractivity contribution in [2.45, 2.75) is 38.5 Å². The molecule has 0 atom stereocenters. The molecule has 1 saturated carbocycles. The molecule has 1 aliphatic rings. The Labute approximate surface area is 126 Å². The monoisotopic (exact) mass is 335 g/mol. The Morgan fingerprint density at radius 1 is 1.40 bits per heavy atom. The second-order valence-electron chi connectivity index (χ2n) is 5.26. The number of nitrogens with one attached hydrogen (secondary N) is 2. The van der Waals surface area contributed by atoms with Gasteiger partial charge in [0.1, 0.15) is 16.2 Å². The fraction of sp³-hybridized carbons (Fsp3) is 0.500. The van der Waals surface area contributed by atoms with E-state index in [1.807, 2.05) is 12.3 Å². The van der Waals surface area contributed by atoms with Gasteiger partial charge in [-0.1, -0.05) is 0 Å². The molecule has 1 fully saturated rings. The van der Waals surface area contributed by atoms with E-state index in [-0.39, 0.29) is 0 Å². The Morgan fingerprint density at radius 3 is 2.95 bits per heavy atom. The number of aromatic amines is 1. The van der Waals surface area contributed by atoms with E-state index in [9.17, 15) is 0 Å². The first-order valence-electron chi connectivity index (χ1n) is 6.99. The lowest BCUT2D eigenvalue weighted by atomic mass is 10.1. The van der Waals surface area contributed by atoms with Crippen LogP contribution in [0.1, 0.15) is 42.3 Å². The van der Waals surface area contributed by atoms with Crippen LogP contribution in [0.5, 0.6) is 0 Å².